The number of thiol groups is 1. The Morgan fingerprint density at radius 3 is 2.62 bits per heavy atom. The molecule has 0 unspecified atom stereocenters. The van der Waals surface area contributed by atoms with Crippen LogP contribution in [-0.2, 0) is 17.1 Å². The fourth-order valence-electron chi connectivity index (χ4n) is 1.56. The fourth-order valence-corrected chi connectivity index (χ4v) is 2.10. The van der Waals surface area contributed by atoms with E-state index in [0.717, 1.165) is 12.0 Å². The fraction of sp³-hybridized carbons (Fsp3) is 0.200. The SMILES string of the molecule is O=[SH](=O)C1=Cc2ccccc2CC1. The summed E-state index contributed by atoms with van der Waals surface area (Å²) < 4.78 is 21.5. The second kappa shape index (κ2) is 3.34. The van der Waals surface area contributed by atoms with Crippen molar-refractivity contribution in [3.63, 3.8) is 0 Å². The van der Waals surface area contributed by atoms with Gasteiger partial charge in [-0.3, -0.25) is 0 Å². The third-order valence-electron chi connectivity index (χ3n) is 2.26. The minimum atomic E-state index is -2.38. The second-order valence-corrected chi connectivity index (χ2v) is 4.18. The molecule has 1 aliphatic carbocycles. The monoisotopic (exact) mass is 194 g/mol. The summed E-state index contributed by atoms with van der Waals surface area (Å²) >= 11 is 0. The van der Waals surface area contributed by atoms with Gasteiger partial charge < -0.3 is 0 Å². The number of hydrogen-bond acceptors (Lipinski definition) is 2. The molecule has 0 saturated carbocycles. The lowest BCUT2D eigenvalue weighted by Gasteiger charge is -2.11. The zero-order valence-electron chi connectivity index (χ0n) is 7.06. The first-order valence-corrected chi connectivity index (χ1v) is 5.38. The minimum absolute atomic E-state index is 0.550. The number of rotatable bonds is 1. The van der Waals surface area contributed by atoms with Gasteiger partial charge in [-0.05, 0) is 30.0 Å². The lowest BCUT2D eigenvalue weighted by atomic mass is 9.98. The van der Waals surface area contributed by atoms with Crippen LogP contribution in [0.4, 0.5) is 0 Å². The van der Waals surface area contributed by atoms with Crippen LogP contribution >= 0.6 is 0 Å². The standard InChI is InChI=1S/C10H10O2S/c11-13(12)10-6-5-8-3-1-2-4-9(8)7-10/h1-4,7,13H,5-6H2. The van der Waals surface area contributed by atoms with Crippen LogP contribution in [0.15, 0.2) is 29.2 Å². The van der Waals surface area contributed by atoms with E-state index in [1.54, 1.807) is 6.08 Å². The van der Waals surface area contributed by atoms with Crippen LogP contribution in [0.2, 0.25) is 0 Å². The maximum Gasteiger partial charge on any atom is 0.164 e. The molecular weight excluding hydrogens is 184 g/mol. The van der Waals surface area contributed by atoms with Crippen molar-refractivity contribution >= 4 is 16.8 Å². The van der Waals surface area contributed by atoms with Crippen molar-refractivity contribution < 1.29 is 8.42 Å². The Kier molecular flexibility index (Phi) is 2.19. The van der Waals surface area contributed by atoms with Crippen LogP contribution in [0.3, 0.4) is 0 Å². The lowest BCUT2D eigenvalue weighted by Crippen LogP contribution is -1.99. The van der Waals surface area contributed by atoms with Crippen LogP contribution in [0, 0.1) is 0 Å². The molecule has 0 fully saturated rings. The first-order chi connectivity index (χ1) is 6.27. The van der Waals surface area contributed by atoms with E-state index < -0.39 is 10.7 Å². The van der Waals surface area contributed by atoms with E-state index in [2.05, 4.69) is 0 Å². The largest absolute Gasteiger partial charge is 0.227 e. The Hall–Kier alpha value is -1.09. The maximum atomic E-state index is 10.7. The highest BCUT2D eigenvalue weighted by molar-refractivity contribution is 7.77. The molecule has 2 nitrogen and oxygen atoms in total. The van der Waals surface area contributed by atoms with Gasteiger partial charge in [0.15, 0.2) is 10.7 Å². The molecule has 0 saturated heterocycles. The number of fused-ring (bicyclic) bond motifs is 1. The highest BCUT2D eigenvalue weighted by atomic mass is 32.2. The Morgan fingerprint density at radius 2 is 1.85 bits per heavy atom. The van der Waals surface area contributed by atoms with Crippen molar-refractivity contribution in [3.05, 3.63) is 40.3 Å². The summed E-state index contributed by atoms with van der Waals surface area (Å²) in [6.07, 6.45) is 3.26. The molecule has 0 radical (unpaired) electrons. The molecule has 3 heteroatoms. The average Bonchev–Trinajstić information content (AvgIpc) is 2.17. The van der Waals surface area contributed by atoms with Gasteiger partial charge in [0.05, 0.1) is 0 Å². The Labute approximate surface area is 78.9 Å². The first-order valence-electron chi connectivity index (χ1n) is 4.20. The van der Waals surface area contributed by atoms with Crippen LogP contribution in [-0.4, -0.2) is 8.42 Å². The molecular formula is C10H10O2S. The first kappa shape index (κ1) is 8.51. The third-order valence-corrected chi connectivity index (χ3v) is 3.08. The zero-order chi connectivity index (χ0) is 9.26. The molecule has 0 aliphatic heterocycles. The summed E-state index contributed by atoms with van der Waals surface area (Å²) in [7, 11) is -2.38. The van der Waals surface area contributed by atoms with Gasteiger partial charge in [-0.15, -0.1) is 0 Å². The van der Waals surface area contributed by atoms with Gasteiger partial charge in [0.25, 0.3) is 0 Å². The average molecular weight is 194 g/mol. The highest BCUT2D eigenvalue weighted by Gasteiger charge is 2.10. The van der Waals surface area contributed by atoms with Crippen molar-refractivity contribution in [2.45, 2.75) is 12.8 Å². The summed E-state index contributed by atoms with van der Waals surface area (Å²) in [5.74, 6) is 0. The summed E-state index contributed by atoms with van der Waals surface area (Å²) in [4.78, 5) is 0.550. The van der Waals surface area contributed by atoms with E-state index in [1.165, 1.54) is 5.56 Å². The van der Waals surface area contributed by atoms with E-state index in [4.69, 9.17) is 0 Å². The van der Waals surface area contributed by atoms with Gasteiger partial charge >= 0.3 is 0 Å². The van der Waals surface area contributed by atoms with Crippen LogP contribution in [0.25, 0.3) is 6.08 Å². The normalized spacial score (nSPS) is 15.3. The van der Waals surface area contributed by atoms with E-state index >= 15 is 0 Å². The van der Waals surface area contributed by atoms with Crippen molar-refractivity contribution in [1.82, 2.24) is 0 Å². The molecule has 1 aliphatic rings. The Bertz CT molecular complexity index is 422. The molecule has 0 heterocycles. The Balaban J connectivity index is 2.50. The quantitative estimate of drug-likeness (QED) is 0.689. The summed E-state index contributed by atoms with van der Waals surface area (Å²) in [6.45, 7) is 0. The molecule has 2 rings (SSSR count). The molecule has 0 atom stereocenters. The van der Waals surface area contributed by atoms with Crippen molar-refractivity contribution in [1.29, 1.82) is 0 Å². The van der Waals surface area contributed by atoms with Gasteiger partial charge in [-0.2, -0.15) is 0 Å². The van der Waals surface area contributed by atoms with Crippen molar-refractivity contribution in [2.24, 2.45) is 0 Å². The molecule has 13 heavy (non-hydrogen) atoms. The summed E-state index contributed by atoms with van der Waals surface area (Å²) in [6, 6.07) is 7.90. The third kappa shape index (κ3) is 1.65. The zero-order valence-corrected chi connectivity index (χ0v) is 7.96. The highest BCUT2D eigenvalue weighted by Crippen LogP contribution is 2.23. The molecule has 0 spiro atoms. The maximum absolute atomic E-state index is 10.7. The number of hydrogen-bond donors (Lipinski definition) is 1. The molecule has 68 valence electrons. The lowest BCUT2D eigenvalue weighted by molar-refractivity contribution is 0.618. The topological polar surface area (TPSA) is 34.1 Å². The molecule has 1 aromatic rings. The van der Waals surface area contributed by atoms with Gasteiger partial charge in [-0.1, -0.05) is 24.3 Å². The second-order valence-electron chi connectivity index (χ2n) is 3.09. The van der Waals surface area contributed by atoms with E-state index in [1.807, 2.05) is 24.3 Å². The summed E-state index contributed by atoms with van der Waals surface area (Å²) in [5.41, 5.74) is 2.28. The Morgan fingerprint density at radius 1 is 1.08 bits per heavy atom. The summed E-state index contributed by atoms with van der Waals surface area (Å²) in [5, 5.41) is 0. The predicted molar refractivity (Wildman–Crippen MR) is 53.1 cm³/mol. The van der Waals surface area contributed by atoms with E-state index in [9.17, 15) is 8.42 Å². The minimum Gasteiger partial charge on any atom is -0.227 e. The van der Waals surface area contributed by atoms with Gasteiger partial charge in [0.1, 0.15) is 0 Å². The van der Waals surface area contributed by atoms with E-state index in [0.29, 0.717) is 11.3 Å². The molecule has 0 amide bonds. The van der Waals surface area contributed by atoms with Crippen molar-refractivity contribution in [2.75, 3.05) is 0 Å². The molecule has 0 bridgehead atoms. The smallest absolute Gasteiger partial charge is 0.164 e. The molecule has 0 aromatic heterocycles. The predicted octanol–water partition coefficient (Wildman–Crippen LogP) is 1.59. The van der Waals surface area contributed by atoms with Gasteiger partial charge in [0.2, 0.25) is 0 Å². The van der Waals surface area contributed by atoms with Crippen LogP contribution in [0.1, 0.15) is 17.5 Å². The van der Waals surface area contributed by atoms with E-state index in [-0.39, 0.29) is 0 Å². The van der Waals surface area contributed by atoms with Gasteiger partial charge in [0, 0.05) is 4.91 Å². The van der Waals surface area contributed by atoms with Crippen molar-refractivity contribution in [3.8, 4) is 0 Å². The van der Waals surface area contributed by atoms with Crippen LogP contribution in [0.5, 0.6) is 0 Å². The number of aryl methyl sites for hydroxylation is 1. The number of benzene rings is 1. The van der Waals surface area contributed by atoms with Crippen LogP contribution < -0.4 is 0 Å². The molecule has 1 aromatic carbocycles. The number of allylic oxidation sites excluding steroid dienone is 1. The van der Waals surface area contributed by atoms with Gasteiger partial charge in [-0.25, -0.2) is 8.42 Å². The molecule has 0 N–H and O–H groups in total.